The van der Waals surface area contributed by atoms with E-state index in [9.17, 15) is 19.5 Å². The average Bonchev–Trinajstić information content (AvgIpc) is 3.07. The van der Waals surface area contributed by atoms with Gasteiger partial charge in [-0.1, -0.05) is 62.4 Å². The van der Waals surface area contributed by atoms with Crippen molar-refractivity contribution in [2.45, 2.75) is 38.6 Å². The minimum atomic E-state index is -1.23. The maximum absolute atomic E-state index is 12.3. The summed E-state index contributed by atoms with van der Waals surface area (Å²) < 4.78 is 10.4. The molecule has 164 valence electrons. The SMILES string of the molecule is CC(C)COC(=O)CC[C@H](NC(=O)OCC1c2ccccc2-c2ccccc21)C(=O)O. The number of fused-ring (bicyclic) bond motifs is 3. The first kappa shape index (κ1) is 22.3. The topological polar surface area (TPSA) is 102 Å². The van der Waals surface area contributed by atoms with Crippen molar-refractivity contribution in [1.82, 2.24) is 5.32 Å². The molecule has 2 aromatic rings. The highest BCUT2D eigenvalue weighted by atomic mass is 16.5. The molecular formula is C24H27NO6. The molecule has 31 heavy (non-hydrogen) atoms. The lowest BCUT2D eigenvalue weighted by Gasteiger charge is -2.17. The Bertz CT molecular complexity index is 909. The molecule has 0 spiro atoms. The second-order valence-corrected chi connectivity index (χ2v) is 7.98. The van der Waals surface area contributed by atoms with Crippen LogP contribution >= 0.6 is 0 Å². The quantitative estimate of drug-likeness (QED) is 0.590. The summed E-state index contributed by atoms with van der Waals surface area (Å²) in [5.41, 5.74) is 4.35. The number of carboxylic acids is 1. The number of rotatable bonds is 9. The zero-order chi connectivity index (χ0) is 22.4. The maximum Gasteiger partial charge on any atom is 0.407 e. The summed E-state index contributed by atoms with van der Waals surface area (Å²) in [5.74, 6) is -1.65. The molecule has 0 aliphatic heterocycles. The van der Waals surface area contributed by atoms with Crippen molar-refractivity contribution >= 4 is 18.0 Å². The molecule has 3 rings (SSSR count). The third-order valence-corrected chi connectivity index (χ3v) is 5.15. The first-order chi connectivity index (χ1) is 14.9. The third-order valence-electron chi connectivity index (χ3n) is 5.15. The molecule has 1 aliphatic rings. The lowest BCUT2D eigenvalue weighted by atomic mass is 9.98. The van der Waals surface area contributed by atoms with Gasteiger partial charge in [0.2, 0.25) is 0 Å². The number of hydrogen-bond acceptors (Lipinski definition) is 5. The van der Waals surface area contributed by atoms with Gasteiger partial charge >= 0.3 is 18.0 Å². The lowest BCUT2D eigenvalue weighted by Crippen LogP contribution is -2.41. The van der Waals surface area contributed by atoms with E-state index in [1.165, 1.54) is 0 Å². The van der Waals surface area contributed by atoms with Crippen LogP contribution in [0.5, 0.6) is 0 Å². The van der Waals surface area contributed by atoms with Crippen molar-refractivity contribution in [1.29, 1.82) is 0 Å². The normalized spacial score (nSPS) is 13.3. The van der Waals surface area contributed by atoms with Gasteiger partial charge in [-0.25, -0.2) is 9.59 Å². The number of carbonyl (C=O) groups is 3. The second kappa shape index (κ2) is 10.1. The Balaban J connectivity index is 1.56. The van der Waals surface area contributed by atoms with Crippen LogP contribution in [0.1, 0.15) is 43.7 Å². The molecule has 0 radical (unpaired) electrons. The van der Waals surface area contributed by atoms with Crippen LogP contribution in [0.15, 0.2) is 48.5 Å². The van der Waals surface area contributed by atoms with Gasteiger partial charge in [-0.2, -0.15) is 0 Å². The molecule has 0 fully saturated rings. The second-order valence-electron chi connectivity index (χ2n) is 7.98. The number of esters is 1. The molecule has 1 atom stereocenters. The fourth-order valence-electron chi connectivity index (χ4n) is 3.63. The molecule has 0 aromatic heterocycles. The van der Waals surface area contributed by atoms with E-state index in [1.54, 1.807) is 0 Å². The van der Waals surface area contributed by atoms with Crippen molar-refractivity contribution < 1.29 is 29.0 Å². The van der Waals surface area contributed by atoms with Gasteiger partial charge in [0, 0.05) is 12.3 Å². The molecule has 1 aliphatic carbocycles. The van der Waals surface area contributed by atoms with E-state index in [0.717, 1.165) is 22.3 Å². The largest absolute Gasteiger partial charge is 0.480 e. The summed E-state index contributed by atoms with van der Waals surface area (Å²) in [7, 11) is 0. The van der Waals surface area contributed by atoms with Crippen molar-refractivity contribution in [2.75, 3.05) is 13.2 Å². The number of alkyl carbamates (subject to hydrolysis) is 1. The van der Waals surface area contributed by atoms with E-state index in [0.29, 0.717) is 0 Å². The minimum Gasteiger partial charge on any atom is -0.480 e. The first-order valence-corrected chi connectivity index (χ1v) is 10.4. The van der Waals surface area contributed by atoms with E-state index in [4.69, 9.17) is 9.47 Å². The fraction of sp³-hybridized carbons (Fsp3) is 0.375. The Kier molecular flexibility index (Phi) is 7.28. The molecule has 7 nitrogen and oxygen atoms in total. The van der Waals surface area contributed by atoms with Crippen LogP contribution in [0.4, 0.5) is 4.79 Å². The summed E-state index contributed by atoms with van der Waals surface area (Å²) in [6.07, 6.45) is -1.01. The van der Waals surface area contributed by atoms with Gasteiger partial charge in [0.15, 0.2) is 0 Å². The average molecular weight is 425 g/mol. The monoisotopic (exact) mass is 425 g/mol. The van der Waals surface area contributed by atoms with Crippen LogP contribution < -0.4 is 5.32 Å². The van der Waals surface area contributed by atoms with Crippen LogP contribution in [-0.2, 0) is 19.1 Å². The maximum atomic E-state index is 12.3. The molecule has 1 amide bonds. The molecule has 2 N–H and O–H groups in total. The Morgan fingerprint density at radius 1 is 0.968 bits per heavy atom. The van der Waals surface area contributed by atoms with Crippen molar-refractivity contribution in [3.63, 3.8) is 0 Å². The van der Waals surface area contributed by atoms with Gasteiger partial charge in [-0.3, -0.25) is 4.79 Å². The summed E-state index contributed by atoms with van der Waals surface area (Å²) >= 11 is 0. The number of carboxylic acid groups (broad SMARTS) is 1. The highest BCUT2D eigenvalue weighted by molar-refractivity contribution is 5.81. The Hall–Kier alpha value is -3.35. The third kappa shape index (κ3) is 5.63. The van der Waals surface area contributed by atoms with Gasteiger partial charge in [-0.05, 0) is 34.6 Å². The van der Waals surface area contributed by atoms with Crippen LogP contribution in [0.3, 0.4) is 0 Å². The first-order valence-electron chi connectivity index (χ1n) is 10.4. The highest BCUT2D eigenvalue weighted by Gasteiger charge is 2.29. The predicted molar refractivity (Wildman–Crippen MR) is 115 cm³/mol. The molecule has 0 bridgehead atoms. The zero-order valence-corrected chi connectivity index (χ0v) is 17.7. The van der Waals surface area contributed by atoms with Crippen LogP contribution in [-0.4, -0.2) is 42.4 Å². The van der Waals surface area contributed by atoms with Crippen molar-refractivity contribution in [3.05, 3.63) is 59.7 Å². The molecule has 0 unspecified atom stereocenters. The smallest absolute Gasteiger partial charge is 0.407 e. The standard InChI is InChI=1S/C24H27NO6/c1-15(2)13-30-22(26)12-11-21(23(27)28)25-24(29)31-14-20-18-9-5-3-7-16(18)17-8-4-6-10-19(17)20/h3-10,15,20-21H,11-14H2,1-2H3,(H,25,29)(H,27,28)/t21-/m0/s1. The minimum absolute atomic E-state index is 0.0730. The predicted octanol–water partition coefficient (Wildman–Crippen LogP) is 3.96. The fourth-order valence-corrected chi connectivity index (χ4v) is 3.63. The zero-order valence-electron chi connectivity index (χ0n) is 17.7. The molecule has 7 heteroatoms. The van der Waals surface area contributed by atoms with Crippen molar-refractivity contribution in [3.8, 4) is 11.1 Å². The summed E-state index contributed by atoms with van der Waals surface area (Å²) in [6, 6.07) is 14.7. The number of nitrogens with one attached hydrogen (secondary N) is 1. The molecule has 2 aromatic carbocycles. The number of benzene rings is 2. The molecule has 0 saturated heterocycles. The van der Waals surface area contributed by atoms with Gasteiger partial charge < -0.3 is 19.9 Å². The summed E-state index contributed by atoms with van der Waals surface area (Å²) in [5, 5.41) is 11.7. The van der Waals surface area contributed by atoms with E-state index in [2.05, 4.69) is 5.32 Å². The van der Waals surface area contributed by atoms with Gasteiger partial charge in [-0.15, -0.1) is 0 Å². The molecule has 0 heterocycles. The van der Waals surface area contributed by atoms with E-state index >= 15 is 0 Å². The van der Waals surface area contributed by atoms with Crippen LogP contribution in [0.2, 0.25) is 0 Å². The number of amides is 1. The van der Waals surface area contributed by atoms with Crippen molar-refractivity contribution in [2.24, 2.45) is 5.92 Å². The Morgan fingerprint density at radius 2 is 1.55 bits per heavy atom. The number of ether oxygens (including phenoxy) is 2. The van der Waals surface area contributed by atoms with E-state index in [-0.39, 0.29) is 37.9 Å². The number of hydrogen-bond donors (Lipinski definition) is 2. The van der Waals surface area contributed by atoms with Gasteiger partial charge in [0.1, 0.15) is 12.6 Å². The molecule has 0 saturated carbocycles. The summed E-state index contributed by atoms with van der Waals surface area (Å²) in [4.78, 5) is 35.5. The summed E-state index contributed by atoms with van der Waals surface area (Å²) in [6.45, 7) is 4.18. The van der Waals surface area contributed by atoms with Crippen LogP contribution in [0.25, 0.3) is 11.1 Å². The Morgan fingerprint density at radius 3 is 2.10 bits per heavy atom. The Labute approximate surface area is 181 Å². The van der Waals surface area contributed by atoms with Crippen LogP contribution in [0, 0.1) is 5.92 Å². The van der Waals surface area contributed by atoms with Gasteiger partial charge in [0.05, 0.1) is 6.61 Å². The number of carbonyl (C=O) groups excluding carboxylic acids is 2. The van der Waals surface area contributed by atoms with Gasteiger partial charge in [0.25, 0.3) is 0 Å². The highest BCUT2D eigenvalue weighted by Crippen LogP contribution is 2.44. The lowest BCUT2D eigenvalue weighted by molar-refractivity contribution is -0.145. The molecular weight excluding hydrogens is 398 g/mol. The van der Waals surface area contributed by atoms with E-state index in [1.807, 2.05) is 62.4 Å². The number of aliphatic carboxylic acids is 1. The van der Waals surface area contributed by atoms with E-state index < -0.39 is 24.1 Å².